The molecule has 136 valence electrons. The molecule has 2 aromatic rings. The Balaban J connectivity index is 2.00. The van der Waals surface area contributed by atoms with E-state index in [0.29, 0.717) is 17.0 Å². The second-order valence-corrected chi connectivity index (χ2v) is 6.82. The number of benzene rings is 1. The molecule has 1 atom stereocenters. The number of rotatable bonds is 5. The predicted molar refractivity (Wildman–Crippen MR) is 98.6 cm³/mol. The summed E-state index contributed by atoms with van der Waals surface area (Å²) in [4.78, 5) is 29.0. The number of imidazole rings is 1. The first-order valence-electron chi connectivity index (χ1n) is 8.05. The van der Waals surface area contributed by atoms with Crippen molar-refractivity contribution < 1.29 is 14.3 Å². The van der Waals surface area contributed by atoms with Crippen molar-refractivity contribution in [1.29, 1.82) is 0 Å². The Hall–Kier alpha value is -2.74. The molecule has 1 aromatic heterocycles. The Kier molecular flexibility index (Phi) is 5.32. The van der Waals surface area contributed by atoms with Crippen molar-refractivity contribution in [2.75, 3.05) is 12.9 Å². The van der Waals surface area contributed by atoms with Crippen molar-refractivity contribution in [1.82, 2.24) is 20.2 Å². The van der Waals surface area contributed by atoms with Gasteiger partial charge in [-0.2, -0.15) is 0 Å². The Morgan fingerprint density at radius 2 is 2.15 bits per heavy atom. The van der Waals surface area contributed by atoms with Gasteiger partial charge in [0, 0.05) is 30.9 Å². The fraction of sp³-hybridized carbons (Fsp3) is 0.278. The van der Waals surface area contributed by atoms with Gasteiger partial charge in [-0.25, -0.2) is 14.6 Å². The zero-order chi connectivity index (χ0) is 18.7. The van der Waals surface area contributed by atoms with Crippen LogP contribution in [0.3, 0.4) is 0 Å². The number of thioether (sulfide) groups is 1. The Bertz CT molecular complexity index is 875. The van der Waals surface area contributed by atoms with E-state index < -0.39 is 12.0 Å². The van der Waals surface area contributed by atoms with Crippen LogP contribution in [0.25, 0.3) is 0 Å². The first-order valence-corrected chi connectivity index (χ1v) is 9.04. The molecule has 0 saturated carbocycles. The van der Waals surface area contributed by atoms with Crippen LogP contribution >= 0.6 is 11.8 Å². The molecule has 0 spiro atoms. The van der Waals surface area contributed by atoms with Crippen LogP contribution < -0.4 is 10.6 Å². The van der Waals surface area contributed by atoms with Crippen LogP contribution in [0.15, 0.2) is 53.1 Å². The third kappa shape index (κ3) is 3.60. The molecule has 1 aliphatic heterocycles. The number of esters is 1. The maximum absolute atomic E-state index is 12.5. The average molecular weight is 372 g/mol. The highest BCUT2D eigenvalue weighted by Crippen LogP contribution is 2.31. The number of amides is 2. The Morgan fingerprint density at radius 1 is 1.38 bits per heavy atom. The molecule has 3 rings (SSSR count). The lowest BCUT2D eigenvalue weighted by atomic mass is 9.92. The molecule has 1 aromatic carbocycles. The summed E-state index contributed by atoms with van der Waals surface area (Å²) >= 11 is 1.44. The van der Waals surface area contributed by atoms with Crippen LogP contribution in [0, 0.1) is 6.92 Å². The monoisotopic (exact) mass is 372 g/mol. The number of carbonyl (C=O) groups excluding carboxylic acids is 2. The molecule has 7 nitrogen and oxygen atoms in total. The number of hydrogen-bond acceptors (Lipinski definition) is 5. The summed E-state index contributed by atoms with van der Waals surface area (Å²) in [5.41, 5.74) is 2.78. The molecule has 0 fully saturated rings. The van der Waals surface area contributed by atoms with Gasteiger partial charge in [0.15, 0.2) is 5.16 Å². The minimum absolute atomic E-state index is 0.346. The van der Waals surface area contributed by atoms with E-state index in [1.165, 1.54) is 18.9 Å². The van der Waals surface area contributed by atoms with Gasteiger partial charge in [-0.3, -0.25) is 0 Å². The lowest BCUT2D eigenvalue weighted by molar-refractivity contribution is -0.136. The van der Waals surface area contributed by atoms with Crippen LogP contribution in [0.2, 0.25) is 0 Å². The van der Waals surface area contributed by atoms with E-state index in [1.807, 2.05) is 49.0 Å². The minimum Gasteiger partial charge on any atom is -0.466 e. The number of ether oxygens (including phenoxy) is 1. The Morgan fingerprint density at radius 3 is 2.81 bits per heavy atom. The van der Waals surface area contributed by atoms with Crippen LogP contribution in [-0.2, 0) is 16.6 Å². The van der Waals surface area contributed by atoms with Crippen molar-refractivity contribution >= 4 is 23.8 Å². The third-order valence-corrected chi connectivity index (χ3v) is 5.27. The average Bonchev–Trinajstić information content (AvgIpc) is 3.04. The molecule has 2 N–H and O–H groups in total. The van der Waals surface area contributed by atoms with Crippen molar-refractivity contribution in [2.24, 2.45) is 7.05 Å². The zero-order valence-corrected chi connectivity index (χ0v) is 15.6. The summed E-state index contributed by atoms with van der Waals surface area (Å²) in [7, 11) is 3.23. The summed E-state index contributed by atoms with van der Waals surface area (Å²) in [6.07, 6.45) is 3.55. The normalized spacial score (nSPS) is 16.9. The molecular weight excluding hydrogens is 352 g/mol. The van der Waals surface area contributed by atoms with E-state index in [0.717, 1.165) is 16.3 Å². The minimum atomic E-state index is -0.561. The van der Waals surface area contributed by atoms with Gasteiger partial charge >= 0.3 is 12.0 Å². The molecule has 0 unspecified atom stereocenters. The van der Waals surface area contributed by atoms with Crippen LogP contribution in [-0.4, -0.2) is 34.4 Å². The highest BCUT2D eigenvalue weighted by Gasteiger charge is 2.34. The standard InChI is InChI=1S/C18H20N4O3S/c1-11-6-4-5-7-12(11)15-14(16(23)25-3)13(20-17(24)21-15)10-26-18-19-8-9-22(18)2/h4-9,15H,10H2,1-3H3,(H2,20,21,24)/t15-/m1/s1. The summed E-state index contributed by atoms with van der Waals surface area (Å²) < 4.78 is 6.87. The number of nitrogens with one attached hydrogen (secondary N) is 2. The van der Waals surface area contributed by atoms with Gasteiger partial charge < -0.3 is 19.9 Å². The largest absolute Gasteiger partial charge is 0.466 e. The van der Waals surface area contributed by atoms with E-state index in [-0.39, 0.29) is 6.03 Å². The fourth-order valence-corrected chi connectivity index (χ4v) is 3.76. The fourth-order valence-electron chi connectivity index (χ4n) is 2.85. The number of nitrogens with zero attached hydrogens (tertiary/aromatic N) is 2. The van der Waals surface area contributed by atoms with Crippen molar-refractivity contribution in [3.8, 4) is 0 Å². The van der Waals surface area contributed by atoms with Crippen molar-refractivity contribution in [3.63, 3.8) is 0 Å². The van der Waals surface area contributed by atoms with E-state index in [4.69, 9.17) is 4.74 Å². The smallest absolute Gasteiger partial charge is 0.338 e. The molecule has 8 heteroatoms. The molecule has 0 aliphatic carbocycles. The van der Waals surface area contributed by atoms with Gasteiger partial charge in [-0.1, -0.05) is 36.0 Å². The van der Waals surface area contributed by atoms with Crippen LogP contribution in [0.4, 0.5) is 4.79 Å². The lowest BCUT2D eigenvalue weighted by Crippen LogP contribution is -2.46. The van der Waals surface area contributed by atoms with E-state index in [9.17, 15) is 9.59 Å². The first-order chi connectivity index (χ1) is 12.5. The topological polar surface area (TPSA) is 85.2 Å². The molecular formula is C18H20N4O3S. The molecule has 0 bridgehead atoms. The van der Waals surface area contributed by atoms with Gasteiger partial charge in [0.1, 0.15) is 0 Å². The first kappa shape index (κ1) is 18.1. The second-order valence-electron chi connectivity index (χ2n) is 5.88. The summed E-state index contributed by atoms with van der Waals surface area (Å²) in [6.45, 7) is 1.95. The predicted octanol–water partition coefficient (Wildman–Crippen LogP) is 2.30. The number of aromatic nitrogens is 2. The number of urea groups is 1. The Labute approximate surface area is 155 Å². The maximum atomic E-state index is 12.5. The van der Waals surface area contributed by atoms with Gasteiger partial charge in [0.2, 0.25) is 0 Å². The van der Waals surface area contributed by atoms with E-state index in [1.54, 1.807) is 6.20 Å². The highest BCUT2D eigenvalue weighted by molar-refractivity contribution is 7.99. The summed E-state index contributed by atoms with van der Waals surface area (Å²) in [5, 5.41) is 6.38. The molecule has 0 radical (unpaired) electrons. The summed E-state index contributed by atoms with van der Waals surface area (Å²) in [5.74, 6) is -0.0772. The number of carbonyl (C=O) groups is 2. The van der Waals surface area contributed by atoms with Gasteiger partial charge in [0.25, 0.3) is 0 Å². The molecule has 0 saturated heterocycles. The quantitative estimate of drug-likeness (QED) is 0.621. The molecule has 2 heterocycles. The second kappa shape index (κ2) is 7.65. The third-order valence-electron chi connectivity index (χ3n) is 4.18. The van der Waals surface area contributed by atoms with E-state index in [2.05, 4.69) is 15.6 Å². The van der Waals surface area contributed by atoms with Crippen LogP contribution in [0.5, 0.6) is 0 Å². The zero-order valence-electron chi connectivity index (χ0n) is 14.8. The maximum Gasteiger partial charge on any atom is 0.338 e. The van der Waals surface area contributed by atoms with Gasteiger partial charge in [-0.05, 0) is 18.1 Å². The highest BCUT2D eigenvalue weighted by atomic mass is 32.2. The molecule has 26 heavy (non-hydrogen) atoms. The number of aryl methyl sites for hydroxylation is 2. The van der Waals surface area contributed by atoms with Crippen molar-refractivity contribution in [3.05, 3.63) is 59.1 Å². The van der Waals surface area contributed by atoms with Gasteiger partial charge in [0.05, 0.1) is 18.7 Å². The van der Waals surface area contributed by atoms with Gasteiger partial charge in [-0.15, -0.1) is 0 Å². The molecule has 2 amide bonds. The lowest BCUT2D eigenvalue weighted by Gasteiger charge is -2.29. The number of hydrogen-bond donors (Lipinski definition) is 2. The molecule has 1 aliphatic rings. The SMILES string of the molecule is COC(=O)C1=C(CSc2nccn2C)NC(=O)N[C@@H]1c1ccccc1C. The summed E-state index contributed by atoms with van der Waals surface area (Å²) in [6, 6.07) is 6.74. The van der Waals surface area contributed by atoms with Crippen LogP contribution in [0.1, 0.15) is 17.2 Å². The van der Waals surface area contributed by atoms with Crippen molar-refractivity contribution in [2.45, 2.75) is 18.1 Å². The van der Waals surface area contributed by atoms with E-state index >= 15 is 0 Å². The number of methoxy groups -OCH3 is 1.